The Labute approximate surface area is 128 Å². The molecule has 0 fully saturated rings. The van der Waals surface area contributed by atoms with Crippen LogP contribution < -0.4 is 15.6 Å². The summed E-state index contributed by atoms with van der Waals surface area (Å²) in [4.78, 5) is 0. The van der Waals surface area contributed by atoms with Gasteiger partial charge < -0.3 is 10.2 Å². The van der Waals surface area contributed by atoms with E-state index >= 15 is 0 Å². The minimum Gasteiger partial charge on any atom is -0.493 e. The minimum absolute atomic E-state index is 0.688. The first-order chi connectivity index (χ1) is 9.79. The molecule has 2 aromatic rings. The maximum atomic E-state index is 5.76. The maximum Gasteiger partial charge on any atom is 0.123 e. The van der Waals surface area contributed by atoms with Crippen LogP contribution in [0.3, 0.4) is 0 Å². The molecule has 106 valence electrons. The van der Waals surface area contributed by atoms with Crippen LogP contribution in [-0.2, 0) is 6.54 Å². The van der Waals surface area contributed by atoms with Crippen LogP contribution in [0.4, 0.5) is 5.69 Å². The van der Waals surface area contributed by atoms with E-state index in [4.69, 9.17) is 4.74 Å². The van der Waals surface area contributed by atoms with Gasteiger partial charge in [-0.25, -0.2) is 5.43 Å². The third-order valence-electron chi connectivity index (χ3n) is 2.77. The lowest BCUT2D eigenvalue weighted by atomic mass is 10.2. The number of halogens is 1. The highest BCUT2D eigenvalue weighted by Gasteiger charge is 2.04. The number of hydrogen-bond acceptors (Lipinski definition) is 3. The summed E-state index contributed by atoms with van der Waals surface area (Å²) in [5, 5.41) is 0. The van der Waals surface area contributed by atoms with E-state index in [1.54, 1.807) is 0 Å². The minimum atomic E-state index is 0.688. The largest absolute Gasteiger partial charge is 0.493 e. The van der Waals surface area contributed by atoms with Crippen molar-refractivity contribution < 1.29 is 4.74 Å². The molecule has 0 saturated heterocycles. The Morgan fingerprint density at radius 2 is 1.90 bits per heavy atom. The molecule has 20 heavy (non-hydrogen) atoms. The van der Waals surface area contributed by atoms with Crippen molar-refractivity contribution in [2.24, 2.45) is 0 Å². The lowest BCUT2D eigenvalue weighted by Crippen LogP contribution is -2.21. The van der Waals surface area contributed by atoms with E-state index in [1.165, 1.54) is 0 Å². The second kappa shape index (κ2) is 7.92. The normalized spacial score (nSPS) is 10.3. The fraction of sp³-hybridized carbons (Fsp3) is 0.250. The molecule has 0 aliphatic heterocycles. The fourth-order valence-electron chi connectivity index (χ4n) is 1.80. The van der Waals surface area contributed by atoms with Crippen LogP contribution in [0.15, 0.2) is 53.0 Å². The van der Waals surface area contributed by atoms with Crippen molar-refractivity contribution in [3.05, 3.63) is 58.6 Å². The standard InChI is InChI=1S/C16H19BrN2O/c1-2-10-20-16-9-8-14(17)11-13(16)12-18-19-15-6-4-3-5-7-15/h3-9,11,18-19H,2,10,12H2,1H3. The molecule has 0 amide bonds. The van der Waals surface area contributed by atoms with E-state index in [0.29, 0.717) is 6.54 Å². The molecule has 0 atom stereocenters. The SMILES string of the molecule is CCCOc1ccc(Br)cc1CNNc1ccccc1. The van der Waals surface area contributed by atoms with Gasteiger partial charge in [-0.15, -0.1) is 0 Å². The van der Waals surface area contributed by atoms with Crippen molar-refractivity contribution >= 4 is 21.6 Å². The second-order valence-electron chi connectivity index (χ2n) is 4.45. The zero-order valence-electron chi connectivity index (χ0n) is 11.5. The summed E-state index contributed by atoms with van der Waals surface area (Å²) in [7, 11) is 0. The third-order valence-corrected chi connectivity index (χ3v) is 3.26. The number of rotatable bonds is 7. The predicted molar refractivity (Wildman–Crippen MR) is 86.8 cm³/mol. The number of anilines is 1. The van der Waals surface area contributed by atoms with E-state index in [0.717, 1.165) is 34.5 Å². The summed E-state index contributed by atoms with van der Waals surface area (Å²) in [6.07, 6.45) is 1.01. The highest BCUT2D eigenvalue weighted by atomic mass is 79.9. The molecule has 0 aliphatic carbocycles. The van der Waals surface area contributed by atoms with Crippen LogP contribution in [0.1, 0.15) is 18.9 Å². The van der Waals surface area contributed by atoms with E-state index in [9.17, 15) is 0 Å². The summed E-state index contributed by atoms with van der Waals surface area (Å²) >= 11 is 3.50. The fourth-order valence-corrected chi connectivity index (χ4v) is 2.21. The first-order valence-corrected chi connectivity index (χ1v) is 7.54. The van der Waals surface area contributed by atoms with Crippen molar-refractivity contribution in [1.82, 2.24) is 5.43 Å². The van der Waals surface area contributed by atoms with Crippen molar-refractivity contribution in [1.29, 1.82) is 0 Å². The average Bonchev–Trinajstić information content (AvgIpc) is 2.47. The van der Waals surface area contributed by atoms with Gasteiger partial charge in [0.15, 0.2) is 0 Å². The van der Waals surface area contributed by atoms with Gasteiger partial charge in [0.05, 0.1) is 6.61 Å². The molecule has 0 radical (unpaired) electrons. The molecule has 0 unspecified atom stereocenters. The van der Waals surface area contributed by atoms with Gasteiger partial charge in [0, 0.05) is 22.3 Å². The average molecular weight is 335 g/mol. The van der Waals surface area contributed by atoms with Gasteiger partial charge in [0.2, 0.25) is 0 Å². The van der Waals surface area contributed by atoms with Crippen molar-refractivity contribution in [2.75, 3.05) is 12.0 Å². The molecule has 4 heteroatoms. The monoisotopic (exact) mass is 334 g/mol. The molecule has 0 spiro atoms. The molecule has 2 rings (SSSR count). The molecule has 2 N–H and O–H groups in total. The lowest BCUT2D eigenvalue weighted by Gasteiger charge is -2.13. The van der Waals surface area contributed by atoms with Crippen LogP contribution in [0.5, 0.6) is 5.75 Å². The molecule has 0 heterocycles. The number of benzene rings is 2. The number of hydrazine groups is 1. The van der Waals surface area contributed by atoms with E-state index < -0.39 is 0 Å². The highest BCUT2D eigenvalue weighted by Crippen LogP contribution is 2.23. The van der Waals surface area contributed by atoms with Crippen LogP contribution in [0, 0.1) is 0 Å². The summed E-state index contributed by atoms with van der Waals surface area (Å²) in [5.41, 5.74) is 8.55. The number of ether oxygens (including phenoxy) is 1. The van der Waals surface area contributed by atoms with Crippen molar-refractivity contribution in [2.45, 2.75) is 19.9 Å². The summed E-state index contributed by atoms with van der Waals surface area (Å²) in [6, 6.07) is 16.1. The van der Waals surface area contributed by atoms with Gasteiger partial charge in [0.25, 0.3) is 0 Å². The summed E-state index contributed by atoms with van der Waals surface area (Å²) in [5.74, 6) is 0.928. The Morgan fingerprint density at radius 1 is 1.10 bits per heavy atom. The Balaban J connectivity index is 1.95. The lowest BCUT2D eigenvalue weighted by molar-refractivity contribution is 0.313. The Bertz CT molecular complexity index is 531. The second-order valence-corrected chi connectivity index (χ2v) is 5.36. The number of nitrogens with one attached hydrogen (secondary N) is 2. The molecule has 0 aliphatic rings. The maximum absolute atomic E-state index is 5.76. The Morgan fingerprint density at radius 3 is 2.65 bits per heavy atom. The molecular formula is C16H19BrN2O. The van der Waals surface area contributed by atoms with Gasteiger partial charge in [-0.1, -0.05) is 41.1 Å². The number of hydrogen-bond donors (Lipinski definition) is 2. The smallest absolute Gasteiger partial charge is 0.123 e. The molecule has 0 aromatic heterocycles. The van der Waals surface area contributed by atoms with E-state index in [-0.39, 0.29) is 0 Å². The topological polar surface area (TPSA) is 33.3 Å². The Hall–Kier alpha value is -1.52. The third kappa shape index (κ3) is 4.54. The molecule has 0 saturated carbocycles. The first-order valence-electron chi connectivity index (χ1n) is 6.74. The Kier molecular flexibility index (Phi) is 5.89. The molecule has 3 nitrogen and oxygen atoms in total. The van der Waals surface area contributed by atoms with Gasteiger partial charge in [0.1, 0.15) is 5.75 Å². The predicted octanol–water partition coefficient (Wildman–Crippen LogP) is 4.35. The molecule has 2 aromatic carbocycles. The van der Waals surface area contributed by atoms with Crippen LogP contribution in [0.2, 0.25) is 0 Å². The molecule has 0 bridgehead atoms. The van der Waals surface area contributed by atoms with Gasteiger partial charge in [-0.05, 0) is 36.8 Å². The van der Waals surface area contributed by atoms with Gasteiger partial charge >= 0.3 is 0 Å². The van der Waals surface area contributed by atoms with Gasteiger partial charge in [-0.2, -0.15) is 0 Å². The van der Waals surface area contributed by atoms with E-state index in [2.05, 4.69) is 39.8 Å². The summed E-state index contributed by atoms with van der Waals surface area (Å²) < 4.78 is 6.81. The molecular weight excluding hydrogens is 316 g/mol. The summed E-state index contributed by atoms with van der Waals surface area (Å²) in [6.45, 7) is 3.53. The number of para-hydroxylation sites is 1. The van der Waals surface area contributed by atoms with Crippen LogP contribution in [-0.4, -0.2) is 6.61 Å². The zero-order valence-corrected chi connectivity index (χ0v) is 13.1. The zero-order chi connectivity index (χ0) is 14.2. The van der Waals surface area contributed by atoms with Crippen molar-refractivity contribution in [3.63, 3.8) is 0 Å². The first kappa shape index (κ1) is 14.9. The van der Waals surface area contributed by atoms with Gasteiger partial charge in [-0.3, -0.25) is 0 Å². The van der Waals surface area contributed by atoms with Crippen molar-refractivity contribution in [3.8, 4) is 5.75 Å². The highest BCUT2D eigenvalue weighted by molar-refractivity contribution is 9.10. The van der Waals surface area contributed by atoms with E-state index in [1.807, 2.05) is 42.5 Å². The quantitative estimate of drug-likeness (QED) is 0.738. The van der Waals surface area contributed by atoms with Crippen LogP contribution in [0.25, 0.3) is 0 Å². The van der Waals surface area contributed by atoms with Crippen LogP contribution >= 0.6 is 15.9 Å².